The summed E-state index contributed by atoms with van der Waals surface area (Å²) < 4.78 is 11.1. The molecule has 0 unspecified atom stereocenters. The summed E-state index contributed by atoms with van der Waals surface area (Å²) in [5.41, 5.74) is 1.67. The Labute approximate surface area is 184 Å². The zero-order chi connectivity index (χ0) is 22.0. The van der Waals surface area contributed by atoms with Crippen molar-refractivity contribution in [3.63, 3.8) is 0 Å². The van der Waals surface area contributed by atoms with Crippen LogP contribution in [0.4, 0.5) is 11.4 Å². The van der Waals surface area contributed by atoms with Crippen LogP contribution in [0.2, 0.25) is 0 Å². The van der Waals surface area contributed by atoms with Crippen LogP contribution < -0.4 is 19.7 Å². The third-order valence-electron chi connectivity index (χ3n) is 4.67. The van der Waals surface area contributed by atoms with Gasteiger partial charge in [-0.05, 0) is 61.7 Å². The number of anilines is 2. The van der Waals surface area contributed by atoms with Gasteiger partial charge in [-0.1, -0.05) is 18.2 Å². The van der Waals surface area contributed by atoms with Crippen molar-refractivity contribution in [1.29, 1.82) is 0 Å². The number of amides is 2. The molecule has 0 atom stereocenters. The second kappa shape index (κ2) is 8.65. The van der Waals surface area contributed by atoms with E-state index in [1.54, 1.807) is 24.3 Å². The molecule has 31 heavy (non-hydrogen) atoms. The topological polar surface area (TPSA) is 67.9 Å². The van der Waals surface area contributed by atoms with Gasteiger partial charge in [-0.25, -0.2) is 4.90 Å². The highest BCUT2D eigenvalue weighted by atomic mass is 32.1. The molecule has 2 aromatic carbocycles. The molecule has 0 radical (unpaired) electrons. The minimum Gasteiger partial charge on any atom is -0.495 e. The fourth-order valence-corrected chi connectivity index (χ4v) is 4.13. The van der Waals surface area contributed by atoms with E-state index in [1.807, 2.05) is 55.6 Å². The number of nitrogens with zero attached hydrogens (tertiary/aromatic N) is 1. The van der Waals surface area contributed by atoms with E-state index in [1.165, 1.54) is 18.4 Å². The van der Waals surface area contributed by atoms with Crippen molar-refractivity contribution in [3.8, 4) is 11.5 Å². The normalized spacial score (nSPS) is 13.9. The van der Waals surface area contributed by atoms with Crippen LogP contribution in [0.5, 0.6) is 11.5 Å². The second-order valence-electron chi connectivity index (χ2n) is 7.16. The van der Waals surface area contributed by atoms with Crippen molar-refractivity contribution in [3.05, 3.63) is 76.6 Å². The lowest BCUT2D eigenvalue weighted by molar-refractivity contribution is -0.120. The van der Waals surface area contributed by atoms with E-state index in [4.69, 9.17) is 9.47 Å². The van der Waals surface area contributed by atoms with Crippen LogP contribution >= 0.6 is 11.3 Å². The molecule has 4 rings (SSSR count). The molecule has 1 aliphatic rings. The SMILES string of the molecule is COc1ccccc1N1C(=O)C(Nc2ccc(OC(C)C)cc2)=C(c2cccs2)C1=O. The summed E-state index contributed by atoms with van der Waals surface area (Å²) in [5, 5.41) is 5.03. The molecule has 2 heterocycles. The predicted octanol–water partition coefficient (Wildman–Crippen LogP) is 4.94. The van der Waals surface area contributed by atoms with Crippen LogP contribution in [0.15, 0.2) is 71.7 Å². The van der Waals surface area contributed by atoms with Gasteiger partial charge in [-0.3, -0.25) is 9.59 Å². The van der Waals surface area contributed by atoms with E-state index < -0.39 is 5.91 Å². The molecule has 0 aliphatic carbocycles. The summed E-state index contributed by atoms with van der Waals surface area (Å²) in [6.07, 6.45) is 0.0652. The molecule has 0 spiro atoms. The first-order valence-electron chi connectivity index (χ1n) is 9.83. The number of benzene rings is 2. The summed E-state index contributed by atoms with van der Waals surface area (Å²) >= 11 is 1.41. The highest BCUT2D eigenvalue weighted by Crippen LogP contribution is 2.38. The average Bonchev–Trinajstić information content (AvgIpc) is 3.36. The fourth-order valence-electron chi connectivity index (χ4n) is 3.36. The lowest BCUT2D eigenvalue weighted by atomic mass is 10.2. The first kappa shape index (κ1) is 20.7. The predicted molar refractivity (Wildman–Crippen MR) is 123 cm³/mol. The molecular weight excluding hydrogens is 412 g/mol. The van der Waals surface area contributed by atoms with E-state index in [2.05, 4.69) is 5.32 Å². The highest BCUT2D eigenvalue weighted by Gasteiger charge is 2.41. The van der Waals surface area contributed by atoms with Gasteiger partial charge in [0, 0.05) is 10.6 Å². The number of ether oxygens (including phenoxy) is 2. The minimum absolute atomic E-state index is 0.0652. The molecule has 0 saturated carbocycles. The maximum atomic E-state index is 13.4. The molecule has 2 amide bonds. The summed E-state index contributed by atoms with van der Waals surface area (Å²) in [6, 6.07) is 18.0. The van der Waals surface area contributed by atoms with Gasteiger partial charge in [-0.2, -0.15) is 0 Å². The summed E-state index contributed by atoms with van der Waals surface area (Å²) in [7, 11) is 1.51. The van der Waals surface area contributed by atoms with E-state index in [-0.39, 0.29) is 17.7 Å². The molecule has 158 valence electrons. The van der Waals surface area contributed by atoms with Crippen LogP contribution in [0.25, 0.3) is 5.57 Å². The van der Waals surface area contributed by atoms with Gasteiger partial charge >= 0.3 is 0 Å². The third kappa shape index (κ3) is 4.04. The van der Waals surface area contributed by atoms with Gasteiger partial charge in [0.1, 0.15) is 17.2 Å². The maximum absolute atomic E-state index is 13.4. The number of thiophene rings is 1. The van der Waals surface area contributed by atoms with Crippen molar-refractivity contribution in [2.75, 3.05) is 17.3 Å². The van der Waals surface area contributed by atoms with Crippen LogP contribution in [-0.4, -0.2) is 25.0 Å². The van der Waals surface area contributed by atoms with Gasteiger partial charge < -0.3 is 14.8 Å². The van der Waals surface area contributed by atoms with Gasteiger partial charge in [-0.15, -0.1) is 11.3 Å². The molecule has 0 saturated heterocycles. The molecule has 1 aliphatic heterocycles. The molecular formula is C24H22N2O4S. The third-order valence-corrected chi connectivity index (χ3v) is 5.56. The quantitative estimate of drug-likeness (QED) is 0.534. The smallest absolute Gasteiger partial charge is 0.282 e. The second-order valence-corrected chi connectivity index (χ2v) is 8.11. The standard InChI is InChI=1S/C24H22N2O4S/c1-15(2)30-17-12-10-16(11-13-17)25-22-21(20-9-6-14-31-20)23(27)26(24(22)28)18-7-4-5-8-19(18)29-3/h4-15,25H,1-3H3. The van der Waals surface area contributed by atoms with Gasteiger partial charge in [0.15, 0.2) is 0 Å². The highest BCUT2D eigenvalue weighted by molar-refractivity contribution is 7.11. The van der Waals surface area contributed by atoms with Crippen LogP contribution in [0, 0.1) is 0 Å². The number of hydrogen-bond donors (Lipinski definition) is 1. The largest absolute Gasteiger partial charge is 0.495 e. The Morgan fingerprint density at radius 2 is 1.68 bits per heavy atom. The molecule has 0 fully saturated rings. The number of hydrogen-bond acceptors (Lipinski definition) is 6. The number of imide groups is 1. The van der Waals surface area contributed by atoms with Crippen LogP contribution in [0.3, 0.4) is 0 Å². The van der Waals surface area contributed by atoms with Crippen molar-refractivity contribution < 1.29 is 19.1 Å². The number of carbonyl (C=O) groups excluding carboxylic acids is 2. The van der Waals surface area contributed by atoms with Crippen LogP contribution in [0.1, 0.15) is 18.7 Å². The maximum Gasteiger partial charge on any atom is 0.282 e. The monoisotopic (exact) mass is 434 g/mol. The molecule has 1 aromatic heterocycles. The molecule has 1 N–H and O–H groups in total. The Bertz CT molecular complexity index is 1130. The van der Waals surface area contributed by atoms with E-state index in [9.17, 15) is 9.59 Å². The zero-order valence-corrected chi connectivity index (χ0v) is 18.2. The lowest BCUT2D eigenvalue weighted by Gasteiger charge is -2.18. The van der Waals surface area contributed by atoms with E-state index in [0.29, 0.717) is 22.7 Å². The summed E-state index contributed by atoms with van der Waals surface area (Å²) in [6.45, 7) is 3.92. The summed E-state index contributed by atoms with van der Waals surface area (Å²) in [4.78, 5) is 28.7. The van der Waals surface area contributed by atoms with Gasteiger partial charge in [0.05, 0.1) is 24.5 Å². The first-order chi connectivity index (χ1) is 15.0. The number of rotatable bonds is 7. The van der Waals surface area contributed by atoms with Crippen molar-refractivity contribution in [2.24, 2.45) is 0 Å². The molecule has 6 nitrogen and oxygen atoms in total. The Hall–Kier alpha value is -3.58. The number of methoxy groups -OCH3 is 1. The lowest BCUT2D eigenvalue weighted by Crippen LogP contribution is -2.32. The number of nitrogens with one attached hydrogen (secondary N) is 1. The minimum atomic E-state index is -0.430. The van der Waals surface area contributed by atoms with Crippen LogP contribution in [-0.2, 0) is 9.59 Å². The average molecular weight is 435 g/mol. The molecule has 7 heteroatoms. The zero-order valence-electron chi connectivity index (χ0n) is 17.4. The Morgan fingerprint density at radius 3 is 2.32 bits per heavy atom. The Morgan fingerprint density at radius 1 is 0.935 bits per heavy atom. The Kier molecular flexibility index (Phi) is 5.77. The Balaban J connectivity index is 1.72. The summed E-state index contributed by atoms with van der Waals surface area (Å²) in [5.74, 6) is 0.364. The van der Waals surface area contributed by atoms with Gasteiger partial charge in [0.2, 0.25) is 0 Å². The van der Waals surface area contributed by atoms with Crippen molar-refractivity contribution in [1.82, 2.24) is 0 Å². The van der Waals surface area contributed by atoms with Crippen molar-refractivity contribution in [2.45, 2.75) is 20.0 Å². The number of para-hydroxylation sites is 2. The first-order valence-corrected chi connectivity index (χ1v) is 10.7. The van der Waals surface area contributed by atoms with Crippen molar-refractivity contribution >= 4 is 40.1 Å². The van der Waals surface area contributed by atoms with E-state index >= 15 is 0 Å². The molecule has 3 aromatic rings. The van der Waals surface area contributed by atoms with Gasteiger partial charge in [0.25, 0.3) is 11.8 Å². The van der Waals surface area contributed by atoms with E-state index in [0.717, 1.165) is 15.5 Å². The molecule has 0 bridgehead atoms. The number of carbonyl (C=O) groups is 2. The fraction of sp³-hybridized carbons (Fsp3) is 0.167.